The van der Waals surface area contributed by atoms with Gasteiger partial charge in [0, 0.05) is 13.1 Å². The Morgan fingerprint density at radius 1 is 1.35 bits per heavy atom. The van der Waals surface area contributed by atoms with Crippen molar-refractivity contribution in [1.29, 1.82) is 0 Å². The van der Waals surface area contributed by atoms with Crippen LogP contribution in [0.5, 0.6) is 0 Å². The molecule has 1 aromatic heterocycles. The molecule has 2 rings (SSSR count). The summed E-state index contributed by atoms with van der Waals surface area (Å²) in [5, 5.41) is 6.94. The van der Waals surface area contributed by atoms with Crippen LogP contribution in [-0.4, -0.2) is 9.78 Å². The van der Waals surface area contributed by atoms with Crippen molar-refractivity contribution in [2.24, 2.45) is 0 Å². The fraction of sp³-hybridized carbons (Fsp3) is 0.231. The number of hydrogen-bond donors (Lipinski definition) is 1. The molecule has 0 aliphatic heterocycles. The van der Waals surface area contributed by atoms with Crippen molar-refractivity contribution in [2.45, 2.75) is 20.0 Å². The Balaban J connectivity index is 2.17. The number of benzene rings is 1. The molecular weight excluding hydrogens is 332 g/mol. The van der Waals surface area contributed by atoms with Crippen molar-refractivity contribution in [1.82, 2.24) is 9.78 Å². The van der Waals surface area contributed by atoms with E-state index < -0.39 is 11.6 Å². The summed E-state index contributed by atoms with van der Waals surface area (Å²) in [5.74, 6) is -1.79. The number of hydrogen-bond acceptors (Lipinski definition) is 3. The van der Waals surface area contributed by atoms with Crippen LogP contribution in [-0.2, 0) is 13.1 Å². The Kier molecular flexibility index (Phi) is 4.49. The molecule has 0 aliphatic carbocycles. The minimum atomic E-state index is -0.900. The molecule has 4 nitrogen and oxygen atoms in total. The van der Waals surface area contributed by atoms with Crippen LogP contribution in [0.4, 0.5) is 14.5 Å². The molecule has 1 N–H and O–H groups in total. The molecule has 2 aromatic rings. The summed E-state index contributed by atoms with van der Waals surface area (Å²) in [6, 6.07) is 3.64. The Morgan fingerprint density at radius 2 is 2.10 bits per heavy atom. The van der Waals surface area contributed by atoms with Gasteiger partial charge in [0.2, 0.25) is 0 Å². The van der Waals surface area contributed by atoms with Crippen LogP contribution >= 0.6 is 15.9 Å². The zero-order valence-corrected chi connectivity index (χ0v) is 12.2. The van der Waals surface area contributed by atoms with Gasteiger partial charge in [-0.2, -0.15) is 5.10 Å². The van der Waals surface area contributed by atoms with Gasteiger partial charge in [0.25, 0.3) is 5.56 Å². The summed E-state index contributed by atoms with van der Waals surface area (Å²) < 4.78 is 27.5. The topological polar surface area (TPSA) is 46.9 Å². The number of nitrogens with one attached hydrogen (secondary N) is 1. The molecule has 106 valence electrons. The second kappa shape index (κ2) is 6.13. The minimum Gasteiger partial charge on any atom is -0.379 e. The number of halogens is 3. The van der Waals surface area contributed by atoms with Crippen LogP contribution in [0.3, 0.4) is 0 Å². The Morgan fingerprint density at radius 3 is 2.75 bits per heavy atom. The van der Waals surface area contributed by atoms with E-state index in [1.165, 1.54) is 16.9 Å². The van der Waals surface area contributed by atoms with Gasteiger partial charge in [-0.3, -0.25) is 4.79 Å². The van der Waals surface area contributed by atoms with Gasteiger partial charge in [-0.1, -0.05) is 6.07 Å². The number of aryl methyl sites for hydroxylation is 1. The van der Waals surface area contributed by atoms with Gasteiger partial charge in [-0.15, -0.1) is 0 Å². The molecule has 0 fully saturated rings. The summed E-state index contributed by atoms with van der Waals surface area (Å²) >= 11 is 3.20. The number of aromatic nitrogens is 2. The van der Waals surface area contributed by atoms with E-state index in [4.69, 9.17) is 0 Å². The van der Waals surface area contributed by atoms with Crippen LogP contribution in [0.25, 0.3) is 0 Å². The molecule has 0 bridgehead atoms. The van der Waals surface area contributed by atoms with Gasteiger partial charge in [-0.25, -0.2) is 13.5 Å². The lowest BCUT2D eigenvalue weighted by atomic mass is 10.2. The third-order valence-electron chi connectivity index (χ3n) is 2.75. The van der Waals surface area contributed by atoms with E-state index in [1.54, 1.807) is 0 Å². The number of nitrogens with zero attached hydrogens (tertiary/aromatic N) is 2. The predicted molar refractivity (Wildman–Crippen MR) is 75.6 cm³/mol. The predicted octanol–water partition coefficient (Wildman–Crippen LogP) is 2.92. The van der Waals surface area contributed by atoms with Gasteiger partial charge in [0.15, 0.2) is 11.6 Å². The van der Waals surface area contributed by atoms with Gasteiger partial charge in [0.05, 0.1) is 11.9 Å². The van der Waals surface area contributed by atoms with Crippen molar-refractivity contribution in [3.05, 3.63) is 56.4 Å². The van der Waals surface area contributed by atoms with E-state index in [9.17, 15) is 13.6 Å². The first-order valence-corrected chi connectivity index (χ1v) is 6.75. The van der Waals surface area contributed by atoms with E-state index in [2.05, 4.69) is 26.3 Å². The second-order valence-corrected chi connectivity index (χ2v) is 4.89. The zero-order chi connectivity index (χ0) is 14.7. The Bertz CT molecular complexity index is 688. The summed E-state index contributed by atoms with van der Waals surface area (Å²) in [7, 11) is 0. The quantitative estimate of drug-likeness (QED) is 0.928. The lowest BCUT2D eigenvalue weighted by Crippen LogP contribution is -2.23. The fourth-order valence-corrected chi connectivity index (χ4v) is 2.11. The molecule has 1 aromatic carbocycles. The van der Waals surface area contributed by atoms with Crippen molar-refractivity contribution in [3.8, 4) is 0 Å². The largest absolute Gasteiger partial charge is 0.379 e. The molecule has 7 heteroatoms. The highest BCUT2D eigenvalue weighted by Crippen LogP contribution is 2.17. The molecule has 0 saturated heterocycles. The third-order valence-corrected chi connectivity index (χ3v) is 3.52. The highest BCUT2D eigenvalue weighted by atomic mass is 79.9. The van der Waals surface area contributed by atoms with Crippen LogP contribution in [0.1, 0.15) is 12.5 Å². The maximum Gasteiger partial charge on any atom is 0.283 e. The molecule has 0 spiro atoms. The average molecular weight is 344 g/mol. The van der Waals surface area contributed by atoms with E-state index in [0.717, 1.165) is 12.1 Å². The first-order chi connectivity index (χ1) is 9.52. The second-order valence-electron chi connectivity index (χ2n) is 4.10. The summed E-state index contributed by atoms with van der Waals surface area (Å²) in [6.07, 6.45) is 1.51. The van der Waals surface area contributed by atoms with Crippen LogP contribution in [0.2, 0.25) is 0 Å². The third kappa shape index (κ3) is 3.04. The maximum absolute atomic E-state index is 13.1. The maximum atomic E-state index is 13.1. The van der Waals surface area contributed by atoms with E-state index in [-0.39, 0.29) is 12.1 Å². The van der Waals surface area contributed by atoms with Gasteiger partial charge >= 0.3 is 0 Å². The van der Waals surface area contributed by atoms with Crippen LogP contribution in [0.15, 0.2) is 33.7 Å². The van der Waals surface area contributed by atoms with Crippen molar-refractivity contribution >= 4 is 21.6 Å². The summed E-state index contributed by atoms with van der Waals surface area (Å²) in [5.41, 5.74) is 0.822. The first kappa shape index (κ1) is 14.6. The molecule has 0 saturated carbocycles. The molecule has 0 unspecified atom stereocenters. The van der Waals surface area contributed by atoms with Crippen LogP contribution in [0, 0.1) is 11.6 Å². The van der Waals surface area contributed by atoms with E-state index in [0.29, 0.717) is 22.3 Å². The fourth-order valence-electron chi connectivity index (χ4n) is 1.66. The normalized spacial score (nSPS) is 10.6. The highest BCUT2D eigenvalue weighted by molar-refractivity contribution is 9.10. The summed E-state index contributed by atoms with van der Waals surface area (Å²) in [6.45, 7) is 2.54. The molecule has 20 heavy (non-hydrogen) atoms. The lowest BCUT2D eigenvalue weighted by Gasteiger charge is -2.09. The smallest absolute Gasteiger partial charge is 0.283 e. The minimum absolute atomic E-state index is 0.247. The lowest BCUT2D eigenvalue weighted by molar-refractivity contribution is 0.507. The Labute approximate surface area is 122 Å². The molecule has 0 atom stereocenters. The van der Waals surface area contributed by atoms with E-state index in [1.807, 2.05) is 6.92 Å². The monoisotopic (exact) mass is 343 g/mol. The Hall–Kier alpha value is -1.76. The van der Waals surface area contributed by atoms with Crippen molar-refractivity contribution in [2.75, 3.05) is 5.32 Å². The van der Waals surface area contributed by atoms with Crippen molar-refractivity contribution < 1.29 is 8.78 Å². The SMILES string of the molecule is CCn1ncc(NCc2ccc(F)c(F)c2)c(Br)c1=O. The number of rotatable bonds is 4. The molecule has 0 aliphatic rings. The molecular formula is C13H12BrF2N3O. The van der Waals surface area contributed by atoms with Crippen LogP contribution < -0.4 is 10.9 Å². The number of anilines is 1. The van der Waals surface area contributed by atoms with Gasteiger partial charge in [0.1, 0.15) is 4.47 Å². The standard InChI is InChI=1S/C13H12BrF2N3O/c1-2-19-13(20)12(14)11(7-18-19)17-6-8-3-4-9(15)10(16)5-8/h3-5,7,17H,2,6H2,1H3. The summed E-state index contributed by atoms with van der Waals surface area (Å²) in [4.78, 5) is 11.8. The molecule has 0 radical (unpaired) electrons. The van der Waals surface area contributed by atoms with Gasteiger partial charge < -0.3 is 5.32 Å². The van der Waals surface area contributed by atoms with Crippen molar-refractivity contribution in [3.63, 3.8) is 0 Å². The first-order valence-electron chi connectivity index (χ1n) is 5.96. The molecule has 1 heterocycles. The van der Waals surface area contributed by atoms with Gasteiger partial charge in [-0.05, 0) is 40.5 Å². The molecule has 0 amide bonds. The average Bonchev–Trinajstić information content (AvgIpc) is 2.44. The zero-order valence-electron chi connectivity index (χ0n) is 10.7. The van der Waals surface area contributed by atoms with E-state index >= 15 is 0 Å². The highest BCUT2D eigenvalue weighted by Gasteiger charge is 2.08.